The highest BCUT2D eigenvalue weighted by molar-refractivity contribution is 9.10. The van der Waals surface area contributed by atoms with Gasteiger partial charge in [0, 0.05) is 9.35 Å². The maximum absolute atomic E-state index is 11.9. The maximum Gasteiger partial charge on any atom is 0.350 e. The Labute approximate surface area is 137 Å². The van der Waals surface area contributed by atoms with Gasteiger partial charge in [-0.1, -0.05) is 35.8 Å². The van der Waals surface area contributed by atoms with E-state index in [1.54, 1.807) is 0 Å². The molecule has 0 unspecified atom stereocenters. The molecule has 3 nitrogen and oxygen atoms in total. The molecule has 0 aliphatic heterocycles. The Kier molecular flexibility index (Phi) is 4.74. The maximum atomic E-state index is 11.9. The molecule has 1 heterocycles. The summed E-state index contributed by atoms with van der Waals surface area (Å²) >= 11 is 4.91. The Bertz CT molecular complexity index is 692. The van der Waals surface area contributed by atoms with Gasteiger partial charge < -0.3 is 10.5 Å². The molecule has 0 saturated carbocycles. The van der Waals surface area contributed by atoms with Gasteiger partial charge in [0.05, 0.1) is 12.8 Å². The fourth-order valence-electron chi connectivity index (χ4n) is 2.27. The molecular weight excluding hydrogens is 350 g/mol. The molecule has 0 saturated heterocycles. The number of rotatable bonds is 3. The van der Waals surface area contributed by atoms with Gasteiger partial charge in [-0.2, -0.15) is 0 Å². The smallest absolute Gasteiger partial charge is 0.350 e. The number of aryl methyl sites for hydroxylation is 1. The van der Waals surface area contributed by atoms with E-state index in [1.807, 2.05) is 19.1 Å². The topological polar surface area (TPSA) is 52.3 Å². The summed E-state index contributed by atoms with van der Waals surface area (Å²) in [4.78, 5) is 13.4. The first-order chi connectivity index (χ1) is 9.86. The van der Waals surface area contributed by atoms with Gasteiger partial charge in [-0.15, -0.1) is 11.3 Å². The number of anilines is 1. The molecule has 0 amide bonds. The summed E-state index contributed by atoms with van der Waals surface area (Å²) < 4.78 is 5.89. The standard InChI is InChI=1S/C16H18BrNO2S/c1-8(2)12-13(18)15(16(19)20-4)21-14(12)10-5-6-11(17)9(3)7-10/h5-8H,18H2,1-4H3. The molecule has 0 radical (unpaired) electrons. The number of halogens is 1. The molecule has 0 bridgehead atoms. The Morgan fingerprint density at radius 1 is 1.38 bits per heavy atom. The van der Waals surface area contributed by atoms with E-state index in [9.17, 15) is 4.79 Å². The van der Waals surface area contributed by atoms with Crippen LogP contribution in [0.2, 0.25) is 0 Å². The van der Waals surface area contributed by atoms with Crippen molar-refractivity contribution in [3.63, 3.8) is 0 Å². The highest BCUT2D eigenvalue weighted by atomic mass is 79.9. The number of methoxy groups -OCH3 is 1. The van der Waals surface area contributed by atoms with Crippen LogP contribution in [0.3, 0.4) is 0 Å². The molecule has 21 heavy (non-hydrogen) atoms. The van der Waals surface area contributed by atoms with Gasteiger partial charge in [0.2, 0.25) is 0 Å². The second-order valence-corrected chi connectivity index (χ2v) is 7.07. The largest absolute Gasteiger partial charge is 0.465 e. The summed E-state index contributed by atoms with van der Waals surface area (Å²) in [6, 6.07) is 6.15. The second kappa shape index (κ2) is 6.20. The fraction of sp³-hybridized carbons (Fsp3) is 0.312. The Morgan fingerprint density at radius 2 is 2.05 bits per heavy atom. The van der Waals surface area contributed by atoms with E-state index in [0.717, 1.165) is 26.0 Å². The molecule has 0 aliphatic rings. The van der Waals surface area contributed by atoms with Crippen molar-refractivity contribution >= 4 is 38.9 Å². The Morgan fingerprint density at radius 3 is 2.57 bits per heavy atom. The number of thiophene rings is 1. The summed E-state index contributed by atoms with van der Waals surface area (Å²) in [5.74, 6) is -0.141. The van der Waals surface area contributed by atoms with E-state index in [0.29, 0.717) is 10.6 Å². The Balaban J connectivity index is 2.67. The summed E-state index contributed by atoms with van der Waals surface area (Å²) in [6.07, 6.45) is 0. The highest BCUT2D eigenvalue weighted by Crippen LogP contribution is 2.43. The van der Waals surface area contributed by atoms with Crippen molar-refractivity contribution in [2.45, 2.75) is 26.7 Å². The molecule has 0 atom stereocenters. The number of ether oxygens (including phenoxy) is 1. The van der Waals surface area contributed by atoms with Crippen LogP contribution in [0.1, 0.15) is 40.6 Å². The van der Waals surface area contributed by atoms with Crippen LogP contribution in [0.4, 0.5) is 5.69 Å². The normalized spacial score (nSPS) is 11.0. The third-order valence-electron chi connectivity index (χ3n) is 3.35. The first-order valence-corrected chi connectivity index (χ1v) is 8.24. The summed E-state index contributed by atoms with van der Waals surface area (Å²) in [5, 5.41) is 0. The molecule has 0 spiro atoms. The lowest BCUT2D eigenvalue weighted by molar-refractivity contribution is 0.0607. The minimum absolute atomic E-state index is 0.235. The number of carbonyl (C=O) groups excluding carboxylic acids is 1. The van der Waals surface area contributed by atoms with E-state index in [4.69, 9.17) is 10.5 Å². The van der Waals surface area contributed by atoms with E-state index >= 15 is 0 Å². The number of nitrogen functional groups attached to an aromatic ring is 1. The van der Waals surface area contributed by atoms with Crippen LogP contribution in [-0.2, 0) is 4.74 Å². The highest BCUT2D eigenvalue weighted by Gasteiger charge is 2.24. The summed E-state index contributed by atoms with van der Waals surface area (Å²) in [6.45, 7) is 6.20. The van der Waals surface area contributed by atoms with Crippen LogP contribution in [0.5, 0.6) is 0 Å². The predicted molar refractivity (Wildman–Crippen MR) is 92.0 cm³/mol. The first kappa shape index (κ1) is 16.0. The number of hydrogen-bond donors (Lipinski definition) is 1. The van der Waals surface area contributed by atoms with Crippen molar-refractivity contribution in [3.05, 3.63) is 38.7 Å². The zero-order valence-corrected chi connectivity index (χ0v) is 14.9. The molecule has 1 aromatic heterocycles. The average Bonchev–Trinajstić information content (AvgIpc) is 2.78. The Hall–Kier alpha value is -1.33. The molecular formula is C16H18BrNO2S. The summed E-state index contributed by atoms with van der Waals surface area (Å²) in [7, 11) is 1.37. The van der Waals surface area contributed by atoms with Crippen molar-refractivity contribution in [2.75, 3.05) is 12.8 Å². The fourth-order valence-corrected chi connectivity index (χ4v) is 3.81. The zero-order valence-electron chi connectivity index (χ0n) is 12.5. The van der Waals surface area contributed by atoms with Crippen molar-refractivity contribution < 1.29 is 9.53 Å². The molecule has 112 valence electrons. The number of carbonyl (C=O) groups is 1. The minimum Gasteiger partial charge on any atom is -0.465 e. The lowest BCUT2D eigenvalue weighted by atomic mass is 9.97. The van der Waals surface area contributed by atoms with E-state index in [1.165, 1.54) is 18.4 Å². The van der Waals surface area contributed by atoms with Gasteiger partial charge in [-0.25, -0.2) is 4.79 Å². The molecule has 2 rings (SSSR count). The van der Waals surface area contributed by atoms with Crippen LogP contribution < -0.4 is 5.73 Å². The molecule has 5 heteroatoms. The van der Waals surface area contributed by atoms with Crippen LogP contribution >= 0.6 is 27.3 Å². The quantitative estimate of drug-likeness (QED) is 0.778. The zero-order chi connectivity index (χ0) is 15.7. The van der Waals surface area contributed by atoms with E-state index < -0.39 is 0 Å². The van der Waals surface area contributed by atoms with Crippen molar-refractivity contribution in [1.82, 2.24) is 0 Å². The van der Waals surface area contributed by atoms with Crippen LogP contribution in [-0.4, -0.2) is 13.1 Å². The molecule has 2 N–H and O–H groups in total. The van der Waals surface area contributed by atoms with E-state index in [2.05, 4.69) is 35.8 Å². The molecule has 0 fully saturated rings. The number of esters is 1. The lowest BCUT2D eigenvalue weighted by Gasteiger charge is -2.10. The summed E-state index contributed by atoms with van der Waals surface area (Å²) in [5.41, 5.74) is 9.96. The van der Waals surface area contributed by atoms with Crippen LogP contribution in [0.15, 0.2) is 22.7 Å². The third kappa shape index (κ3) is 2.99. The number of nitrogens with two attached hydrogens (primary N) is 1. The predicted octanol–water partition coefficient (Wildman–Crippen LogP) is 4.98. The van der Waals surface area contributed by atoms with Gasteiger partial charge in [-0.05, 0) is 41.7 Å². The van der Waals surface area contributed by atoms with Crippen molar-refractivity contribution in [1.29, 1.82) is 0 Å². The van der Waals surface area contributed by atoms with Crippen molar-refractivity contribution in [3.8, 4) is 10.4 Å². The third-order valence-corrected chi connectivity index (χ3v) is 5.49. The SMILES string of the molecule is COC(=O)c1sc(-c2ccc(Br)c(C)c2)c(C(C)C)c1N. The van der Waals surface area contributed by atoms with Crippen molar-refractivity contribution in [2.24, 2.45) is 0 Å². The van der Waals surface area contributed by atoms with Crippen LogP contribution in [0.25, 0.3) is 10.4 Å². The number of benzene rings is 1. The minimum atomic E-state index is -0.375. The van der Waals surface area contributed by atoms with E-state index in [-0.39, 0.29) is 11.9 Å². The average molecular weight is 368 g/mol. The van der Waals surface area contributed by atoms with Gasteiger partial charge in [0.25, 0.3) is 0 Å². The molecule has 0 aliphatic carbocycles. The van der Waals surface area contributed by atoms with Crippen LogP contribution in [0, 0.1) is 6.92 Å². The first-order valence-electron chi connectivity index (χ1n) is 6.63. The lowest BCUT2D eigenvalue weighted by Crippen LogP contribution is -2.03. The van der Waals surface area contributed by atoms with Gasteiger partial charge in [0.15, 0.2) is 0 Å². The van der Waals surface area contributed by atoms with Gasteiger partial charge >= 0.3 is 5.97 Å². The van der Waals surface area contributed by atoms with Gasteiger partial charge in [0.1, 0.15) is 4.88 Å². The monoisotopic (exact) mass is 367 g/mol. The molecule has 1 aromatic carbocycles. The second-order valence-electron chi connectivity index (χ2n) is 5.20. The number of hydrogen-bond acceptors (Lipinski definition) is 4. The molecule has 2 aromatic rings. The van der Waals surface area contributed by atoms with Gasteiger partial charge in [-0.3, -0.25) is 0 Å².